The minimum atomic E-state index is -0.607. The van der Waals surface area contributed by atoms with E-state index < -0.39 is 41.0 Å². The second kappa shape index (κ2) is 22.5. The van der Waals surface area contributed by atoms with Gasteiger partial charge < -0.3 is 48.3 Å². The smallest absolute Gasteiger partial charge is 0.415 e. The summed E-state index contributed by atoms with van der Waals surface area (Å²) in [4.78, 5) is 86.9. The minimum Gasteiger partial charge on any atom is -0.444 e. The van der Waals surface area contributed by atoms with E-state index in [0.717, 1.165) is 22.3 Å². The molecule has 0 atom stereocenters. The maximum absolute atomic E-state index is 13.3. The van der Waals surface area contributed by atoms with Gasteiger partial charge in [0.15, 0.2) is 0 Å². The van der Waals surface area contributed by atoms with Crippen molar-refractivity contribution in [3.8, 4) is 11.5 Å². The normalized spacial score (nSPS) is 14.2. The largest absolute Gasteiger partial charge is 0.444 e. The highest BCUT2D eigenvalue weighted by atomic mass is 16.6. The Morgan fingerprint density at radius 3 is 1.04 bits per heavy atom. The zero-order valence-corrected chi connectivity index (χ0v) is 42.6. The van der Waals surface area contributed by atoms with Crippen molar-refractivity contribution in [2.24, 2.45) is 0 Å². The van der Waals surface area contributed by atoms with Gasteiger partial charge in [0.1, 0.15) is 22.7 Å². The Labute approximate surface area is 416 Å². The van der Waals surface area contributed by atoms with Crippen LogP contribution in [0.4, 0.5) is 40.1 Å². The van der Waals surface area contributed by atoms with E-state index in [0.29, 0.717) is 88.3 Å². The van der Waals surface area contributed by atoms with Crippen molar-refractivity contribution in [2.75, 3.05) is 77.1 Å². The van der Waals surface area contributed by atoms with Crippen LogP contribution in [0.15, 0.2) is 97.1 Å². The van der Waals surface area contributed by atoms with Gasteiger partial charge in [0, 0.05) is 96.3 Å². The zero-order chi connectivity index (χ0) is 51.7. The van der Waals surface area contributed by atoms with Crippen LogP contribution >= 0.6 is 0 Å². The predicted molar refractivity (Wildman–Crippen MR) is 270 cm³/mol. The Kier molecular flexibility index (Phi) is 16.8. The maximum Gasteiger partial charge on any atom is 0.415 e. The van der Waals surface area contributed by atoms with Gasteiger partial charge in [-0.3, -0.25) is 10.6 Å². The number of ether oxygens (including phenoxy) is 4. The van der Waals surface area contributed by atoms with Gasteiger partial charge in [0.05, 0.1) is 0 Å². The molecule has 18 nitrogen and oxygen atoms in total. The summed E-state index contributed by atoms with van der Waals surface area (Å²) in [6, 6.07) is 28.8. The molecule has 0 aromatic heterocycles. The number of benzene rings is 4. The lowest BCUT2D eigenvalue weighted by molar-refractivity contribution is 0.0624. The lowest BCUT2D eigenvalue weighted by Gasteiger charge is -2.36. The number of hydrogen-bond acceptors (Lipinski definition) is 10. The standard InChI is InChI=1S/C53H68N8O10/c1-51(2,3)70-45(62)54-41-19-11-37(12-20-41)35-56(9)47(64)58-27-31-60(32-28-58)49(66)68-43-23-15-39(16-24-43)53(7,8)40-17-25-44(26-18-40)69-50(67)61-33-29-59(30-34-61)48(65)57(10)36-38-13-21-42(22-14-38)55-46(63)71-52(4,5)6/h11-26H,27-36H2,1-10H3,(H,54,62)(H,55,63). The first kappa shape index (κ1) is 52.9. The Morgan fingerprint density at radius 2 is 0.746 bits per heavy atom. The summed E-state index contributed by atoms with van der Waals surface area (Å²) in [6.45, 7) is 18.4. The van der Waals surface area contributed by atoms with E-state index in [1.54, 1.807) is 134 Å². The molecule has 2 heterocycles. The van der Waals surface area contributed by atoms with Gasteiger partial charge in [-0.2, -0.15) is 0 Å². The molecule has 0 bridgehead atoms. The van der Waals surface area contributed by atoms with E-state index in [1.807, 2.05) is 48.5 Å². The predicted octanol–water partition coefficient (Wildman–Crippen LogP) is 9.44. The van der Waals surface area contributed by atoms with Crippen LogP contribution in [0, 0.1) is 0 Å². The van der Waals surface area contributed by atoms with Gasteiger partial charge in [0.2, 0.25) is 0 Å². The molecule has 0 spiro atoms. The number of hydrogen-bond donors (Lipinski definition) is 2. The summed E-state index contributed by atoms with van der Waals surface area (Å²) >= 11 is 0. The second-order valence-corrected chi connectivity index (χ2v) is 20.3. The molecule has 0 unspecified atom stereocenters. The molecule has 2 fully saturated rings. The summed E-state index contributed by atoms with van der Waals surface area (Å²) in [5, 5.41) is 5.41. The van der Waals surface area contributed by atoms with Gasteiger partial charge in [0.25, 0.3) is 0 Å². The number of urea groups is 2. The lowest BCUT2D eigenvalue weighted by Crippen LogP contribution is -2.53. The van der Waals surface area contributed by atoms with E-state index >= 15 is 0 Å². The zero-order valence-electron chi connectivity index (χ0n) is 42.6. The van der Waals surface area contributed by atoms with E-state index in [-0.39, 0.29) is 12.1 Å². The van der Waals surface area contributed by atoms with Crippen LogP contribution in [0.1, 0.15) is 77.6 Å². The Balaban J connectivity index is 0.899. The van der Waals surface area contributed by atoms with Gasteiger partial charge in [-0.05, 0) is 112 Å². The van der Waals surface area contributed by atoms with Crippen molar-refractivity contribution in [1.82, 2.24) is 29.4 Å². The van der Waals surface area contributed by atoms with Crippen LogP contribution in [0.2, 0.25) is 0 Å². The van der Waals surface area contributed by atoms with Gasteiger partial charge >= 0.3 is 36.4 Å². The van der Waals surface area contributed by atoms with Crippen molar-refractivity contribution in [1.29, 1.82) is 0 Å². The van der Waals surface area contributed by atoms with Crippen molar-refractivity contribution in [2.45, 2.75) is 85.1 Å². The minimum absolute atomic E-state index is 0.151. The van der Waals surface area contributed by atoms with Crippen LogP contribution in [0.3, 0.4) is 0 Å². The highest BCUT2D eigenvalue weighted by molar-refractivity contribution is 5.85. The number of carbonyl (C=O) groups excluding carboxylic acids is 6. The lowest BCUT2D eigenvalue weighted by atomic mass is 9.78. The Morgan fingerprint density at radius 1 is 0.451 bits per heavy atom. The molecule has 6 rings (SSSR count). The van der Waals surface area contributed by atoms with Crippen molar-refractivity contribution < 1.29 is 47.7 Å². The molecule has 71 heavy (non-hydrogen) atoms. The summed E-state index contributed by atoms with van der Waals surface area (Å²) in [5.74, 6) is 0.801. The van der Waals surface area contributed by atoms with Crippen LogP contribution in [0.25, 0.3) is 0 Å². The summed E-state index contributed by atoms with van der Waals surface area (Å²) in [6.07, 6.45) is -2.06. The average molecular weight is 977 g/mol. The number of amides is 8. The molecule has 4 aromatic rings. The number of carbonyl (C=O) groups is 6. The summed E-state index contributed by atoms with van der Waals surface area (Å²) in [5.41, 5.74) is 3.27. The first-order valence-electron chi connectivity index (χ1n) is 23.7. The number of anilines is 2. The maximum atomic E-state index is 13.3. The van der Waals surface area contributed by atoms with Crippen LogP contribution in [0.5, 0.6) is 11.5 Å². The molecule has 18 heteroatoms. The molecule has 2 aliphatic rings. The summed E-state index contributed by atoms with van der Waals surface area (Å²) in [7, 11) is 3.46. The van der Waals surface area contributed by atoms with Crippen molar-refractivity contribution in [3.05, 3.63) is 119 Å². The molecule has 2 saturated heterocycles. The molecular formula is C53H68N8O10. The third-order valence-electron chi connectivity index (χ3n) is 11.9. The fourth-order valence-electron chi connectivity index (χ4n) is 7.93. The number of nitrogens with zero attached hydrogens (tertiary/aromatic N) is 6. The second-order valence-electron chi connectivity index (χ2n) is 20.3. The molecule has 0 radical (unpaired) electrons. The monoisotopic (exact) mass is 977 g/mol. The van der Waals surface area contributed by atoms with E-state index in [9.17, 15) is 28.8 Å². The van der Waals surface area contributed by atoms with E-state index in [4.69, 9.17) is 18.9 Å². The first-order valence-corrected chi connectivity index (χ1v) is 23.7. The molecule has 0 aliphatic carbocycles. The quantitative estimate of drug-likeness (QED) is 0.155. The van der Waals surface area contributed by atoms with Gasteiger partial charge in [-0.1, -0.05) is 62.4 Å². The number of piperazine rings is 2. The Hall–Kier alpha value is -7.50. The fourth-order valence-corrected chi connectivity index (χ4v) is 7.93. The highest BCUT2D eigenvalue weighted by Crippen LogP contribution is 2.34. The van der Waals surface area contributed by atoms with E-state index in [1.165, 1.54) is 0 Å². The summed E-state index contributed by atoms with van der Waals surface area (Å²) < 4.78 is 22.1. The number of rotatable bonds is 10. The molecule has 0 saturated carbocycles. The van der Waals surface area contributed by atoms with Crippen LogP contribution in [-0.4, -0.2) is 143 Å². The van der Waals surface area contributed by atoms with Gasteiger partial charge in [-0.25, -0.2) is 28.8 Å². The molecule has 380 valence electrons. The highest BCUT2D eigenvalue weighted by Gasteiger charge is 2.30. The molecule has 2 aliphatic heterocycles. The van der Waals surface area contributed by atoms with E-state index in [2.05, 4.69) is 24.5 Å². The molecule has 2 N–H and O–H groups in total. The van der Waals surface area contributed by atoms with Gasteiger partial charge in [-0.15, -0.1) is 0 Å². The average Bonchev–Trinajstić information content (AvgIpc) is 3.31. The third kappa shape index (κ3) is 15.2. The SMILES string of the molecule is CN(Cc1ccc(NC(=O)OC(C)(C)C)cc1)C(=O)N1CCN(C(=O)Oc2ccc(C(C)(C)c3ccc(OC(=O)N4CCN(C(=O)N(C)Cc5ccc(NC(=O)OC(C)(C)C)cc5)CC4)cc3)cc2)CC1. The molecule has 4 aromatic carbocycles. The van der Waals surface area contributed by atoms with Crippen molar-refractivity contribution in [3.63, 3.8) is 0 Å². The topological polar surface area (TPSA) is 183 Å². The third-order valence-corrected chi connectivity index (χ3v) is 11.9. The number of nitrogens with one attached hydrogen (secondary N) is 2. The van der Waals surface area contributed by atoms with Crippen molar-refractivity contribution >= 4 is 47.8 Å². The van der Waals surface area contributed by atoms with Crippen LogP contribution in [-0.2, 0) is 28.0 Å². The fraction of sp³-hybridized carbons (Fsp3) is 0.434. The molecular weight excluding hydrogens is 909 g/mol. The Bertz CT molecular complexity index is 2310. The first-order chi connectivity index (χ1) is 33.4. The molecule has 8 amide bonds. The van der Waals surface area contributed by atoms with Crippen LogP contribution < -0.4 is 20.1 Å².